The lowest BCUT2D eigenvalue weighted by Gasteiger charge is -2.31. The summed E-state index contributed by atoms with van der Waals surface area (Å²) < 4.78 is 5.88. The number of ether oxygens (including phenoxy) is 1. The quantitative estimate of drug-likeness (QED) is 0.906. The van der Waals surface area contributed by atoms with Crippen molar-refractivity contribution in [1.29, 1.82) is 0 Å². The van der Waals surface area contributed by atoms with Gasteiger partial charge in [-0.2, -0.15) is 0 Å². The molecule has 104 valence electrons. The largest absolute Gasteiger partial charge is 0.478 e. The molecule has 0 spiro atoms. The minimum Gasteiger partial charge on any atom is -0.478 e. The average molecular weight is 263 g/mol. The van der Waals surface area contributed by atoms with Gasteiger partial charge in [-0.15, -0.1) is 0 Å². The normalized spacial score (nSPS) is 27.2. The fraction of sp³-hybridized carbons (Fsp3) is 0.600. The third kappa shape index (κ3) is 3.77. The van der Waals surface area contributed by atoms with E-state index in [0.717, 1.165) is 24.5 Å². The predicted octanol–water partition coefficient (Wildman–Crippen LogP) is 3.12. The lowest BCUT2D eigenvalue weighted by atomic mass is 9.80. The maximum absolute atomic E-state index is 10.7. The van der Waals surface area contributed by atoms with Crippen molar-refractivity contribution >= 4 is 5.97 Å². The number of pyridine rings is 1. The van der Waals surface area contributed by atoms with Crippen LogP contribution in [0.15, 0.2) is 18.3 Å². The summed E-state index contributed by atoms with van der Waals surface area (Å²) in [6.45, 7) is 5.04. The minimum atomic E-state index is -0.949. The van der Waals surface area contributed by atoms with E-state index in [1.807, 2.05) is 0 Å². The molecule has 0 aliphatic heterocycles. The van der Waals surface area contributed by atoms with E-state index < -0.39 is 5.97 Å². The van der Waals surface area contributed by atoms with Gasteiger partial charge >= 0.3 is 5.97 Å². The molecule has 1 aliphatic carbocycles. The van der Waals surface area contributed by atoms with Crippen LogP contribution in [0.3, 0.4) is 0 Å². The van der Waals surface area contributed by atoms with Gasteiger partial charge in [0.15, 0.2) is 0 Å². The Morgan fingerprint density at radius 2 is 2.16 bits per heavy atom. The van der Waals surface area contributed by atoms with Gasteiger partial charge in [-0.05, 0) is 43.2 Å². The highest BCUT2D eigenvalue weighted by Gasteiger charge is 2.24. The highest BCUT2D eigenvalue weighted by molar-refractivity contribution is 5.87. The summed E-state index contributed by atoms with van der Waals surface area (Å²) >= 11 is 0. The van der Waals surface area contributed by atoms with Crippen LogP contribution < -0.4 is 0 Å². The fourth-order valence-electron chi connectivity index (χ4n) is 2.49. The number of carboxylic acids is 1. The van der Waals surface area contributed by atoms with E-state index >= 15 is 0 Å². The molecular weight excluding hydrogens is 242 g/mol. The van der Waals surface area contributed by atoms with Crippen molar-refractivity contribution in [2.45, 2.75) is 45.8 Å². The zero-order chi connectivity index (χ0) is 13.8. The molecule has 4 heteroatoms. The second-order valence-electron chi connectivity index (χ2n) is 5.54. The van der Waals surface area contributed by atoms with Crippen LogP contribution >= 0.6 is 0 Å². The third-order valence-electron chi connectivity index (χ3n) is 4.09. The SMILES string of the molecule is CC1CCC(OCc2ccc(C(=O)O)cn2)CC1C. The Kier molecular flexibility index (Phi) is 4.53. The van der Waals surface area contributed by atoms with Gasteiger partial charge in [0.05, 0.1) is 24.0 Å². The molecule has 1 aliphatic rings. The highest BCUT2D eigenvalue weighted by Crippen LogP contribution is 2.31. The molecule has 1 aromatic rings. The molecular formula is C15H21NO3. The topological polar surface area (TPSA) is 59.4 Å². The number of aromatic carboxylic acids is 1. The van der Waals surface area contributed by atoms with Gasteiger partial charge in [0.2, 0.25) is 0 Å². The first-order chi connectivity index (χ1) is 9.06. The molecule has 2 rings (SSSR count). The maximum atomic E-state index is 10.7. The van der Waals surface area contributed by atoms with Crippen LogP contribution in [0.25, 0.3) is 0 Å². The van der Waals surface area contributed by atoms with Gasteiger partial charge in [0, 0.05) is 6.20 Å². The molecule has 1 fully saturated rings. The second kappa shape index (κ2) is 6.15. The second-order valence-corrected chi connectivity index (χ2v) is 5.54. The van der Waals surface area contributed by atoms with Crippen LogP contribution in [0.2, 0.25) is 0 Å². The van der Waals surface area contributed by atoms with E-state index in [9.17, 15) is 4.79 Å². The average Bonchev–Trinajstić information content (AvgIpc) is 2.40. The Labute approximate surface area is 113 Å². The Morgan fingerprint density at radius 3 is 2.74 bits per heavy atom. The van der Waals surface area contributed by atoms with E-state index in [-0.39, 0.29) is 5.56 Å². The monoisotopic (exact) mass is 263 g/mol. The van der Waals surface area contributed by atoms with E-state index in [1.165, 1.54) is 12.6 Å². The lowest BCUT2D eigenvalue weighted by molar-refractivity contribution is -0.00877. The van der Waals surface area contributed by atoms with Gasteiger partial charge in [-0.3, -0.25) is 4.98 Å². The molecule has 3 atom stereocenters. The first-order valence-electron chi connectivity index (χ1n) is 6.86. The fourth-order valence-corrected chi connectivity index (χ4v) is 2.49. The highest BCUT2D eigenvalue weighted by atomic mass is 16.5. The van der Waals surface area contributed by atoms with Crippen LogP contribution in [0.1, 0.15) is 49.2 Å². The van der Waals surface area contributed by atoms with Crippen molar-refractivity contribution in [3.63, 3.8) is 0 Å². The molecule has 19 heavy (non-hydrogen) atoms. The Balaban J connectivity index is 1.83. The summed E-state index contributed by atoms with van der Waals surface area (Å²) in [6.07, 6.45) is 5.13. The molecule has 1 heterocycles. The van der Waals surface area contributed by atoms with Crippen LogP contribution in [-0.4, -0.2) is 22.2 Å². The van der Waals surface area contributed by atoms with Gasteiger partial charge in [-0.25, -0.2) is 4.79 Å². The van der Waals surface area contributed by atoms with Crippen LogP contribution in [0.4, 0.5) is 0 Å². The van der Waals surface area contributed by atoms with E-state index in [4.69, 9.17) is 9.84 Å². The summed E-state index contributed by atoms with van der Waals surface area (Å²) in [5.74, 6) is 0.545. The molecule has 0 saturated heterocycles. The molecule has 1 saturated carbocycles. The summed E-state index contributed by atoms with van der Waals surface area (Å²) in [4.78, 5) is 14.8. The smallest absolute Gasteiger partial charge is 0.337 e. The molecule has 3 unspecified atom stereocenters. The van der Waals surface area contributed by atoms with E-state index in [2.05, 4.69) is 18.8 Å². The zero-order valence-electron chi connectivity index (χ0n) is 11.5. The summed E-state index contributed by atoms with van der Waals surface area (Å²) in [6, 6.07) is 3.29. The van der Waals surface area contributed by atoms with Crippen LogP contribution in [-0.2, 0) is 11.3 Å². The van der Waals surface area contributed by atoms with Gasteiger partial charge < -0.3 is 9.84 Å². The standard InChI is InChI=1S/C15H21NO3/c1-10-3-6-14(7-11(10)2)19-9-13-5-4-12(8-16-13)15(17)18/h4-5,8,10-11,14H,3,6-7,9H2,1-2H3,(H,17,18). The Hall–Kier alpha value is -1.42. The van der Waals surface area contributed by atoms with Crippen molar-refractivity contribution < 1.29 is 14.6 Å². The molecule has 0 radical (unpaired) electrons. The number of carbonyl (C=O) groups is 1. The first kappa shape index (κ1) is 14.0. The molecule has 1 aromatic heterocycles. The first-order valence-corrected chi connectivity index (χ1v) is 6.86. The third-order valence-corrected chi connectivity index (χ3v) is 4.09. The maximum Gasteiger partial charge on any atom is 0.337 e. The van der Waals surface area contributed by atoms with Crippen LogP contribution in [0, 0.1) is 11.8 Å². The summed E-state index contributed by atoms with van der Waals surface area (Å²) in [7, 11) is 0. The van der Waals surface area contributed by atoms with Crippen molar-refractivity contribution in [3.05, 3.63) is 29.6 Å². The van der Waals surface area contributed by atoms with Gasteiger partial charge in [0.25, 0.3) is 0 Å². The number of nitrogens with zero attached hydrogens (tertiary/aromatic N) is 1. The van der Waals surface area contributed by atoms with E-state index in [0.29, 0.717) is 18.6 Å². The zero-order valence-corrected chi connectivity index (χ0v) is 11.5. The number of hydrogen-bond acceptors (Lipinski definition) is 3. The number of aromatic nitrogens is 1. The Bertz CT molecular complexity index is 430. The van der Waals surface area contributed by atoms with Gasteiger partial charge in [-0.1, -0.05) is 13.8 Å². The van der Waals surface area contributed by atoms with E-state index in [1.54, 1.807) is 12.1 Å². The number of hydrogen-bond donors (Lipinski definition) is 1. The van der Waals surface area contributed by atoms with Gasteiger partial charge in [0.1, 0.15) is 0 Å². The molecule has 1 N–H and O–H groups in total. The lowest BCUT2D eigenvalue weighted by Crippen LogP contribution is -2.26. The molecule has 0 aromatic carbocycles. The van der Waals surface area contributed by atoms with Crippen molar-refractivity contribution in [2.24, 2.45) is 11.8 Å². The van der Waals surface area contributed by atoms with Crippen molar-refractivity contribution in [2.75, 3.05) is 0 Å². The van der Waals surface area contributed by atoms with Crippen LogP contribution in [0.5, 0.6) is 0 Å². The minimum absolute atomic E-state index is 0.212. The number of rotatable bonds is 4. The summed E-state index contributed by atoms with van der Waals surface area (Å²) in [5.41, 5.74) is 1.00. The Morgan fingerprint density at radius 1 is 1.37 bits per heavy atom. The van der Waals surface area contributed by atoms with Crippen molar-refractivity contribution in [1.82, 2.24) is 4.98 Å². The van der Waals surface area contributed by atoms with Crippen molar-refractivity contribution in [3.8, 4) is 0 Å². The predicted molar refractivity (Wildman–Crippen MR) is 72.0 cm³/mol. The molecule has 0 bridgehead atoms. The molecule has 0 amide bonds. The number of carboxylic acid groups (broad SMARTS) is 1. The molecule has 4 nitrogen and oxygen atoms in total. The summed E-state index contributed by atoms with van der Waals surface area (Å²) in [5, 5.41) is 8.79.